The first kappa shape index (κ1) is 19.8. The molecule has 140 valence electrons. The largest absolute Gasteiger partial charge is 0.452 e. The minimum atomic E-state index is -0.461. The second-order valence-electron chi connectivity index (χ2n) is 6.51. The number of hydrogen-bond donors (Lipinski definition) is 1. The standard InChI is InChI=1S/C21H28N2O3/c1-5-18(6-2)22-20(24)14-26-21(25)19-12-15(3)23(16(19)4)13-17-10-8-7-9-11-17/h7-12,18H,5-6,13-14H2,1-4H3,(H,22,24). The van der Waals surface area contributed by atoms with E-state index in [4.69, 9.17) is 4.74 Å². The van der Waals surface area contributed by atoms with E-state index in [-0.39, 0.29) is 18.6 Å². The number of nitrogens with one attached hydrogen (secondary N) is 1. The first-order chi connectivity index (χ1) is 12.5. The molecule has 0 atom stereocenters. The molecule has 26 heavy (non-hydrogen) atoms. The van der Waals surface area contributed by atoms with E-state index in [1.165, 1.54) is 5.56 Å². The Kier molecular flexibility index (Phi) is 7.01. The number of ether oxygens (including phenoxy) is 1. The molecule has 1 N–H and O–H groups in total. The lowest BCUT2D eigenvalue weighted by molar-refractivity contribution is -0.125. The van der Waals surface area contributed by atoms with E-state index in [0.717, 1.165) is 24.2 Å². The maximum atomic E-state index is 12.4. The van der Waals surface area contributed by atoms with Gasteiger partial charge < -0.3 is 14.6 Å². The van der Waals surface area contributed by atoms with E-state index in [1.807, 2.05) is 52.0 Å². The Morgan fingerprint density at radius 3 is 2.38 bits per heavy atom. The smallest absolute Gasteiger partial charge is 0.340 e. The predicted octanol–water partition coefficient (Wildman–Crippen LogP) is 3.61. The molecule has 0 aliphatic rings. The van der Waals surface area contributed by atoms with Crippen molar-refractivity contribution in [1.29, 1.82) is 0 Å². The summed E-state index contributed by atoms with van der Waals surface area (Å²) in [5, 5.41) is 2.87. The monoisotopic (exact) mass is 356 g/mol. The SMILES string of the molecule is CCC(CC)NC(=O)COC(=O)c1cc(C)n(Cc2ccccc2)c1C. The summed E-state index contributed by atoms with van der Waals surface area (Å²) in [5.41, 5.74) is 3.50. The first-order valence-corrected chi connectivity index (χ1v) is 9.13. The summed E-state index contributed by atoms with van der Waals surface area (Å²) >= 11 is 0. The van der Waals surface area contributed by atoms with Crippen LogP contribution in [-0.2, 0) is 16.1 Å². The Labute approximate surface area is 155 Å². The first-order valence-electron chi connectivity index (χ1n) is 9.13. The number of aromatic nitrogens is 1. The van der Waals surface area contributed by atoms with Gasteiger partial charge in [0.05, 0.1) is 5.56 Å². The molecule has 0 aliphatic carbocycles. The zero-order chi connectivity index (χ0) is 19.1. The zero-order valence-corrected chi connectivity index (χ0v) is 16.0. The van der Waals surface area contributed by atoms with Gasteiger partial charge in [-0.25, -0.2) is 4.79 Å². The van der Waals surface area contributed by atoms with Crippen molar-refractivity contribution in [3.63, 3.8) is 0 Å². The maximum Gasteiger partial charge on any atom is 0.340 e. The lowest BCUT2D eigenvalue weighted by Crippen LogP contribution is -2.36. The second kappa shape index (κ2) is 9.22. The van der Waals surface area contributed by atoms with Crippen molar-refractivity contribution in [2.45, 2.75) is 53.1 Å². The fourth-order valence-electron chi connectivity index (χ4n) is 2.99. The van der Waals surface area contributed by atoms with Crippen LogP contribution >= 0.6 is 0 Å². The lowest BCUT2D eigenvalue weighted by Gasteiger charge is -2.14. The lowest BCUT2D eigenvalue weighted by atomic mass is 10.2. The van der Waals surface area contributed by atoms with Gasteiger partial charge in [0.1, 0.15) is 0 Å². The molecule has 0 spiro atoms. The molecule has 1 aromatic carbocycles. The van der Waals surface area contributed by atoms with E-state index >= 15 is 0 Å². The van der Waals surface area contributed by atoms with Crippen molar-refractivity contribution in [2.24, 2.45) is 0 Å². The van der Waals surface area contributed by atoms with Gasteiger partial charge in [-0.15, -0.1) is 0 Å². The van der Waals surface area contributed by atoms with Gasteiger partial charge >= 0.3 is 5.97 Å². The third kappa shape index (κ3) is 4.97. The van der Waals surface area contributed by atoms with Crippen LogP contribution in [0.2, 0.25) is 0 Å². The molecule has 5 heteroatoms. The molecule has 5 nitrogen and oxygen atoms in total. The molecule has 2 rings (SSSR count). The average Bonchev–Trinajstić information content (AvgIpc) is 2.93. The molecule has 2 aromatic rings. The van der Waals surface area contributed by atoms with Crippen LogP contribution in [0.4, 0.5) is 0 Å². The Morgan fingerprint density at radius 2 is 1.77 bits per heavy atom. The quantitative estimate of drug-likeness (QED) is 0.735. The van der Waals surface area contributed by atoms with E-state index in [0.29, 0.717) is 12.1 Å². The van der Waals surface area contributed by atoms with Crippen molar-refractivity contribution in [2.75, 3.05) is 6.61 Å². The summed E-state index contributed by atoms with van der Waals surface area (Å²) in [5.74, 6) is -0.720. The Bertz CT molecular complexity index is 746. The van der Waals surface area contributed by atoms with Crippen LogP contribution in [0.15, 0.2) is 36.4 Å². The van der Waals surface area contributed by atoms with E-state index in [2.05, 4.69) is 22.0 Å². The molecule has 0 aliphatic heterocycles. The van der Waals surface area contributed by atoms with E-state index in [9.17, 15) is 9.59 Å². The van der Waals surface area contributed by atoms with Crippen molar-refractivity contribution in [1.82, 2.24) is 9.88 Å². The Balaban J connectivity index is 2.01. The summed E-state index contributed by atoms with van der Waals surface area (Å²) in [6.45, 7) is 8.34. The maximum absolute atomic E-state index is 12.4. The number of rotatable bonds is 8. The second-order valence-corrected chi connectivity index (χ2v) is 6.51. The van der Waals surface area contributed by atoms with Crippen LogP contribution in [0.3, 0.4) is 0 Å². The minimum Gasteiger partial charge on any atom is -0.452 e. The molecule has 0 bridgehead atoms. The predicted molar refractivity (Wildman–Crippen MR) is 102 cm³/mol. The molecule has 1 aromatic heterocycles. The number of carbonyl (C=O) groups excluding carboxylic acids is 2. The van der Waals surface area contributed by atoms with Gasteiger partial charge in [-0.05, 0) is 38.3 Å². The summed E-state index contributed by atoms with van der Waals surface area (Å²) < 4.78 is 7.29. The number of benzene rings is 1. The summed E-state index contributed by atoms with van der Waals surface area (Å²) in [6, 6.07) is 12.0. The van der Waals surface area contributed by atoms with Gasteiger partial charge in [-0.2, -0.15) is 0 Å². The van der Waals surface area contributed by atoms with Gasteiger partial charge in [-0.3, -0.25) is 4.79 Å². The number of hydrogen-bond acceptors (Lipinski definition) is 3. The summed E-state index contributed by atoms with van der Waals surface area (Å²) in [4.78, 5) is 24.3. The highest BCUT2D eigenvalue weighted by Crippen LogP contribution is 2.18. The number of esters is 1. The van der Waals surface area contributed by atoms with Gasteiger partial charge in [0.15, 0.2) is 6.61 Å². The highest BCUT2D eigenvalue weighted by atomic mass is 16.5. The third-order valence-corrected chi connectivity index (χ3v) is 4.66. The normalized spacial score (nSPS) is 10.8. The van der Waals surface area contributed by atoms with Gasteiger partial charge in [-0.1, -0.05) is 44.2 Å². The molecule has 0 unspecified atom stereocenters. The van der Waals surface area contributed by atoms with Crippen molar-refractivity contribution in [3.05, 3.63) is 58.9 Å². The van der Waals surface area contributed by atoms with E-state index in [1.54, 1.807) is 0 Å². The van der Waals surface area contributed by atoms with Gasteiger partial charge in [0.25, 0.3) is 5.91 Å². The van der Waals surface area contributed by atoms with Crippen LogP contribution in [0.25, 0.3) is 0 Å². The molecule has 0 saturated heterocycles. The molecule has 0 fully saturated rings. The zero-order valence-electron chi connectivity index (χ0n) is 16.0. The van der Waals surface area contributed by atoms with Crippen LogP contribution in [0, 0.1) is 13.8 Å². The van der Waals surface area contributed by atoms with Crippen molar-refractivity contribution >= 4 is 11.9 Å². The van der Waals surface area contributed by atoms with Crippen LogP contribution < -0.4 is 5.32 Å². The molecular weight excluding hydrogens is 328 g/mol. The molecule has 0 saturated carbocycles. The number of aryl methyl sites for hydroxylation is 1. The topological polar surface area (TPSA) is 60.3 Å². The fraction of sp³-hybridized carbons (Fsp3) is 0.429. The average molecular weight is 356 g/mol. The van der Waals surface area contributed by atoms with Gasteiger partial charge in [0, 0.05) is 24.0 Å². The molecule has 1 heterocycles. The highest BCUT2D eigenvalue weighted by Gasteiger charge is 2.18. The van der Waals surface area contributed by atoms with Crippen molar-refractivity contribution in [3.8, 4) is 0 Å². The minimum absolute atomic E-state index is 0.122. The molecule has 0 radical (unpaired) electrons. The van der Waals surface area contributed by atoms with Crippen LogP contribution in [0.5, 0.6) is 0 Å². The number of nitrogens with zero attached hydrogens (tertiary/aromatic N) is 1. The number of amides is 1. The third-order valence-electron chi connectivity index (χ3n) is 4.66. The van der Waals surface area contributed by atoms with Crippen molar-refractivity contribution < 1.29 is 14.3 Å². The molecule has 1 amide bonds. The molecular formula is C21H28N2O3. The number of carbonyl (C=O) groups is 2. The summed E-state index contributed by atoms with van der Waals surface area (Å²) in [7, 11) is 0. The summed E-state index contributed by atoms with van der Waals surface area (Å²) in [6.07, 6.45) is 1.72. The Morgan fingerprint density at radius 1 is 1.12 bits per heavy atom. The Hall–Kier alpha value is -2.56. The van der Waals surface area contributed by atoms with Crippen LogP contribution in [0.1, 0.15) is 54.0 Å². The highest BCUT2D eigenvalue weighted by molar-refractivity contribution is 5.92. The fourth-order valence-corrected chi connectivity index (χ4v) is 2.99. The van der Waals surface area contributed by atoms with E-state index < -0.39 is 5.97 Å². The van der Waals surface area contributed by atoms with Gasteiger partial charge in [0.2, 0.25) is 0 Å². The van der Waals surface area contributed by atoms with Crippen LogP contribution in [-0.4, -0.2) is 29.1 Å².